The third-order valence-electron chi connectivity index (χ3n) is 3.07. The first-order valence-corrected chi connectivity index (χ1v) is 6.52. The van der Waals surface area contributed by atoms with Gasteiger partial charge in [-0.25, -0.2) is 9.18 Å². The molecular formula is C17H16FNO2. The predicted octanol–water partition coefficient (Wildman–Crippen LogP) is 3.56. The molecule has 1 N–H and O–H groups in total. The average molecular weight is 285 g/mol. The molecule has 0 fully saturated rings. The standard InChI is InChI=1S/C17H16FNO2/c1-19(12-13-5-3-2-4-6-13)16-9-8-15(18)11-14(16)7-10-17(20)21/h2-11H,12H2,1H3,(H,20,21)/b10-7+. The summed E-state index contributed by atoms with van der Waals surface area (Å²) in [5, 5.41) is 8.71. The third kappa shape index (κ3) is 4.18. The van der Waals surface area contributed by atoms with E-state index < -0.39 is 11.8 Å². The molecule has 3 nitrogen and oxygen atoms in total. The van der Waals surface area contributed by atoms with E-state index in [1.807, 2.05) is 42.3 Å². The van der Waals surface area contributed by atoms with Gasteiger partial charge in [0.2, 0.25) is 0 Å². The summed E-state index contributed by atoms with van der Waals surface area (Å²) in [5.74, 6) is -1.45. The Bertz CT molecular complexity index is 653. The maximum absolute atomic E-state index is 13.4. The topological polar surface area (TPSA) is 40.5 Å². The summed E-state index contributed by atoms with van der Waals surface area (Å²) in [6, 6.07) is 14.2. The summed E-state index contributed by atoms with van der Waals surface area (Å²) < 4.78 is 13.4. The fourth-order valence-corrected chi connectivity index (χ4v) is 2.11. The van der Waals surface area contributed by atoms with E-state index >= 15 is 0 Å². The second-order valence-corrected chi connectivity index (χ2v) is 4.72. The van der Waals surface area contributed by atoms with E-state index in [0.717, 1.165) is 17.3 Å². The summed E-state index contributed by atoms with van der Waals surface area (Å²) in [4.78, 5) is 12.6. The van der Waals surface area contributed by atoms with Crippen LogP contribution in [0.25, 0.3) is 6.08 Å². The van der Waals surface area contributed by atoms with Gasteiger partial charge in [-0.3, -0.25) is 0 Å². The van der Waals surface area contributed by atoms with Crippen molar-refractivity contribution >= 4 is 17.7 Å². The maximum Gasteiger partial charge on any atom is 0.328 e. The Morgan fingerprint density at radius 2 is 1.95 bits per heavy atom. The van der Waals surface area contributed by atoms with Crippen molar-refractivity contribution in [2.75, 3.05) is 11.9 Å². The zero-order valence-electron chi connectivity index (χ0n) is 11.7. The molecule has 0 aliphatic rings. The monoisotopic (exact) mass is 285 g/mol. The number of aliphatic carboxylic acids is 1. The molecule has 0 unspecified atom stereocenters. The Kier molecular flexibility index (Phi) is 4.72. The van der Waals surface area contributed by atoms with Crippen LogP contribution in [0, 0.1) is 5.82 Å². The molecule has 0 atom stereocenters. The largest absolute Gasteiger partial charge is 0.478 e. The number of hydrogen-bond donors (Lipinski definition) is 1. The lowest BCUT2D eigenvalue weighted by Crippen LogP contribution is -2.17. The first-order chi connectivity index (χ1) is 10.1. The van der Waals surface area contributed by atoms with Crippen LogP contribution >= 0.6 is 0 Å². The van der Waals surface area contributed by atoms with Crippen LogP contribution in [-0.4, -0.2) is 18.1 Å². The van der Waals surface area contributed by atoms with Gasteiger partial charge < -0.3 is 10.0 Å². The highest BCUT2D eigenvalue weighted by Gasteiger charge is 2.08. The lowest BCUT2D eigenvalue weighted by atomic mass is 10.1. The minimum absolute atomic E-state index is 0.392. The molecule has 0 radical (unpaired) electrons. The van der Waals surface area contributed by atoms with Gasteiger partial charge in [-0.05, 0) is 29.8 Å². The SMILES string of the molecule is CN(Cc1ccccc1)c1ccc(F)cc1/C=C/C(=O)O. The van der Waals surface area contributed by atoms with Crippen LogP contribution in [-0.2, 0) is 11.3 Å². The van der Waals surface area contributed by atoms with E-state index in [2.05, 4.69) is 0 Å². The molecule has 0 aliphatic heterocycles. The van der Waals surface area contributed by atoms with Gasteiger partial charge in [0, 0.05) is 30.9 Å². The number of nitrogens with zero attached hydrogens (tertiary/aromatic N) is 1. The Balaban J connectivity index is 2.27. The zero-order valence-corrected chi connectivity index (χ0v) is 11.7. The first kappa shape index (κ1) is 14.8. The number of rotatable bonds is 5. The molecule has 21 heavy (non-hydrogen) atoms. The molecule has 0 amide bonds. The maximum atomic E-state index is 13.4. The predicted molar refractivity (Wildman–Crippen MR) is 81.6 cm³/mol. The minimum atomic E-state index is -1.06. The van der Waals surface area contributed by atoms with Crippen LogP contribution in [0.1, 0.15) is 11.1 Å². The van der Waals surface area contributed by atoms with Gasteiger partial charge in [-0.1, -0.05) is 30.3 Å². The van der Waals surface area contributed by atoms with E-state index in [9.17, 15) is 9.18 Å². The highest BCUT2D eigenvalue weighted by molar-refractivity contribution is 5.87. The van der Waals surface area contributed by atoms with Crippen molar-refractivity contribution in [1.82, 2.24) is 0 Å². The van der Waals surface area contributed by atoms with Gasteiger partial charge in [-0.2, -0.15) is 0 Å². The summed E-state index contributed by atoms with van der Waals surface area (Å²) in [7, 11) is 1.89. The normalized spacial score (nSPS) is 10.8. The molecule has 108 valence electrons. The minimum Gasteiger partial charge on any atom is -0.478 e. The van der Waals surface area contributed by atoms with Gasteiger partial charge in [-0.15, -0.1) is 0 Å². The molecule has 2 aromatic rings. The van der Waals surface area contributed by atoms with Crippen LogP contribution in [0.5, 0.6) is 0 Å². The highest BCUT2D eigenvalue weighted by atomic mass is 19.1. The van der Waals surface area contributed by atoms with Crippen molar-refractivity contribution in [1.29, 1.82) is 0 Å². The van der Waals surface area contributed by atoms with Crippen molar-refractivity contribution in [3.05, 3.63) is 71.6 Å². The molecule has 0 heterocycles. The Hall–Kier alpha value is -2.62. The van der Waals surface area contributed by atoms with Crippen LogP contribution < -0.4 is 4.90 Å². The number of hydrogen-bond acceptors (Lipinski definition) is 2. The van der Waals surface area contributed by atoms with Crippen molar-refractivity contribution in [3.63, 3.8) is 0 Å². The zero-order chi connectivity index (χ0) is 15.2. The van der Waals surface area contributed by atoms with E-state index in [4.69, 9.17) is 5.11 Å². The molecule has 0 bridgehead atoms. The van der Waals surface area contributed by atoms with Gasteiger partial charge in [0.1, 0.15) is 5.82 Å². The molecule has 2 aromatic carbocycles. The van der Waals surface area contributed by atoms with E-state index in [1.165, 1.54) is 18.2 Å². The molecule has 0 saturated heterocycles. The van der Waals surface area contributed by atoms with E-state index in [0.29, 0.717) is 12.1 Å². The summed E-state index contributed by atoms with van der Waals surface area (Å²) in [6.07, 6.45) is 2.41. The van der Waals surface area contributed by atoms with Crippen molar-refractivity contribution < 1.29 is 14.3 Å². The highest BCUT2D eigenvalue weighted by Crippen LogP contribution is 2.23. The molecule has 2 rings (SSSR count). The Morgan fingerprint density at radius 1 is 1.24 bits per heavy atom. The number of carboxylic acid groups (broad SMARTS) is 1. The van der Waals surface area contributed by atoms with Crippen LogP contribution in [0.15, 0.2) is 54.6 Å². The molecule has 0 spiro atoms. The van der Waals surface area contributed by atoms with Gasteiger partial charge >= 0.3 is 5.97 Å². The van der Waals surface area contributed by atoms with Gasteiger partial charge in [0.25, 0.3) is 0 Å². The average Bonchev–Trinajstić information content (AvgIpc) is 2.46. The van der Waals surface area contributed by atoms with Gasteiger partial charge in [0.05, 0.1) is 0 Å². The smallest absolute Gasteiger partial charge is 0.328 e. The van der Waals surface area contributed by atoms with Gasteiger partial charge in [0.15, 0.2) is 0 Å². The number of anilines is 1. The number of carboxylic acids is 1. The molecule has 0 aliphatic carbocycles. The Labute approximate surface area is 123 Å². The van der Waals surface area contributed by atoms with Crippen LogP contribution in [0.4, 0.5) is 10.1 Å². The van der Waals surface area contributed by atoms with Crippen LogP contribution in [0.3, 0.4) is 0 Å². The lowest BCUT2D eigenvalue weighted by molar-refractivity contribution is -0.131. The molecule has 4 heteroatoms. The number of benzene rings is 2. The second-order valence-electron chi connectivity index (χ2n) is 4.72. The quantitative estimate of drug-likeness (QED) is 0.854. The molecule has 0 aromatic heterocycles. The molecule has 0 saturated carbocycles. The van der Waals surface area contributed by atoms with Crippen molar-refractivity contribution in [2.45, 2.75) is 6.54 Å². The lowest BCUT2D eigenvalue weighted by Gasteiger charge is -2.21. The second kappa shape index (κ2) is 6.70. The Morgan fingerprint density at radius 3 is 2.62 bits per heavy atom. The summed E-state index contributed by atoms with van der Waals surface area (Å²) in [5.41, 5.74) is 2.44. The molecular weight excluding hydrogens is 269 g/mol. The summed E-state index contributed by atoms with van der Waals surface area (Å²) in [6.45, 7) is 0.653. The fourth-order valence-electron chi connectivity index (χ4n) is 2.11. The first-order valence-electron chi connectivity index (χ1n) is 6.52. The van der Waals surface area contributed by atoms with Crippen molar-refractivity contribution in [2.24, 2.45) is 0 Å². The third-order valence-corrected chi connectivity index (χ3v) is 3.07. The van der Waals surface area contributed by atoms with Crippen LogP contribution in [0.2, 0.25) is 0 Å². The van der Waals surface area contributed by atoms with E-state index in [-0.39, 0.29) is 0 Å². The summed E-state index contributed by atoms with van der Waals surface area (Å²) >= 11 is 0. The van der Waals surface area contributed by atoms with E-state index in [1.54, 1.807) is 6.07 Å². The fraction of sp³-hybridized carbons (Fsp3) is 0.118. The number of halogens is 1. The number of carbonyl (C=O) groups is 1. The van der Waals surface area contributed by atoms with Crippen molar-refractivity contribution in [3.8, 4) is 0 Å².